The van der Waals surface area contributed by atoms with E-state index >= 15 is 0 Å². The summed E-state index contributed by atoms with van der Waals surface area (Å²) in [6, 6.07) is 0. The molecule has 1 saturated heterocycles. The highest BCUT2D eigenvalue weighted by Gasteiger charge is 2.21. The lowest BCUT2D eigenvalue weighted by molar-refractivity contribution is -0.470. The first kappa shape index (κ1) is 6.59. The summed E-state index contributed by atoms with van der Waals surface area (Å²) in [5, 5.41) is 0. The van der Waals surface area contributed by atoms with Gasteiger partial charge in [0.2, 0.25) is 5.84 Å². The second-order valence-electron chi connectivity index (χ2n) is 2.84. The molecule has 0 saturated carbocycles. The maximum Gasteiger partial charge on any atom is 0.246 e. The van der Waals surface area contributed by atoms with Gasteiger partial charge in [0.1, 0.15) is 0 Å². The summed E-state index contributed by atoms with van der Waals surface area (Å²) >= 11 is 0. The Kier molecular flexibility index (Phi) is 1.74. The third-order valence-corrected chi connectivity index (χ3v) is 1.85. The first-order valence-electron chi connectivity index (χ1n) is 3.46. The summed E-state index contributed by atoms with van der Waals surface area (Å²) in [6.45, 7) is 1.23. The van der Waals surface area contributed by atoms with Crippen LogP contribution in [0, 0.1) is 0 Å². The summed E-state index contributed by atoms with van der Waals surface area (Å²) < 4.78 is 2.20. The van der Waals surface area contributed by atoms with Crippen molar-refractivity contribution in [3.63, 3.8) is 0 Å². The summed E-state index contributed by atoms with van der Waals surface area (Å²) in [5.41, 5.74) is 0. The van der Waals surface area contributed by atoms with Gasteiger partial charge in [-0.15, -0.1) is 0 Å². The van der Waals surface area contributed by atoms with Crippen molar-refractivity contribution in [2.45, 2.75) is 12.8 Å². The third kappa shape index (κ3) is 1.23. The molecule has 1 aliphatic heterocycles. The number of amidine groups is 1. The fourth-order valence-corrected chi connectivity index (χ4v) is 1.36. The van der Waals surface area contributed by atoms with E-state index in [1.165, 1.54) is 25.2 Å². The van der Waals surface area contributed by atoms with Gasteiger partial charge in [0, 0.05) is 0 Å². The third-order valence-electron chi connectivity index (χ3n) is 1.85. The van der Waals surface area contributed by atoms with Crippen LogP contribution in [0.15, 0.2) is 0 Å². The van der Waals surface area contributed by atoms with Crippen molar-refractivity contribution in [1.29, 1.82) is 0 Å². The van der Waals surface area contributed by atoms with Crippen molar-refractivity contribution < 1.29 is 4.58 Å². The highest BCUT2D eigenvalue weighted by molar-refractivity contribution is 5.78. The summed E-state index contributed by atoms with van der Waals surface area (Å²) in [7, 11) is 6.37. The molecule has 0 unspecified atom stereocenters. The van der Waals surface area contributed by atoms with Gasteiger partial charge >= 0.3 is 0 Å². The summed E-state index contributed by atoms with van der Waals surface area (Å²) in [6.07, 6.45) is 2.58. The Balaban J connectivity index is 2.70. The topological polar surface area (TPSA) is 6.25 Å². The Morgan fingerprint density at radius 1 is 1.44 bits per heavy atom. The molecule has 1 heterocycles. The van der Waals surface area contributed by atoms with E-state index < -0.39 is 0 Å². The summed E-state index contributed by atoms with van der Waals surface area (Å²) in [4.78, 5) is 2.32. The average molecular weight is 127 g/mol. The molecule has 0 aliphatic carbocycles. The van der Waals surface area contributed by atoms with Crippen LogP contribution in [0.4, 0.5) is 0 Å². The van der Waals surface area contributed by atoms with Crippen molar-refractivity contribution in [2.24, 2.45) is 0 Å². The molecule has 0 aromatic heterocycles. The molecule has 0 aromatic rings. The van der Waals surface area contributed by atoms with E-state index in [9.17, 15) is 0 Å². The van der Waals surface area contributed by atoms with Crippen LogP contribution in [-0.4, -0.2) is 43.0 Å². The fourth-order valence-electron chi connectivity index (χ4n) is 1.36. The Morgan fingerprint density at radius 2 is 2.11 bits per heavy atom. The van der Waals surface area contributed by atoms with Gasteiger partial charge in [0.25, 0.3) is 0 Å². The van der Waals surface area contributed by atoms with E-state index in [-0.39, 0.29) is 0 Å². The van der Waals surface area contributed by atoms with Crippen molar-refractivity contribution in [1.82, 2.24) is 4.90 Å². The number of likely N-dealkylation sites (tertiary alicyclic amines) is 1. The molecular weight excluding hydrogens is 112 g/mol. The maximum absolute atomic E-state index is 2.32. The van der Waals surface area contributed by atoms with Gasteiger partial charge in [-0.05, 0) is 6.42 Å². The number of hydrogen-bond acceptors (Lipinski definition) is 0. The minimum atomic E-state index is 1.23. The zero-order valence-electron chi connectivity index (χ0n) is 6.52. The lowest BCUT2D eigenvalue weighted by Gasteiger charge is -2.04. The molecule has 1 rings (SSSR count). The van der Waals surface area contributed by atoms with Gasteiger partial charge in [-0.3, -0.25) is 9.48 Å². The van der Waals surface area contributed by atoms with Crippen molar-refractivity contribution in [3.05, 3.63) is 0 Å². The van der Waals surface area contributed by atoms with Crippen LogP contribution < -0.4 is 0 Å². The van der Waals surface area contributed by atoms with Gasteiger partial charge in [0.15, 0.2) is 0 Å². The van der Waals surface area contributed by atoms with Gasteiger partial charge in [-0.2, -0.15) is 0 Å². The Labute approximate surface area is 56.8 Å². The largest absolute Gasteiger partial charge is 0.271 e. The first-order chi connectivity index (χ1) is 4.22. The lowest BCUT2D eigenvalue weighted by atomic mass is 10.4. The zero-order chi connectivity index (χ0) is 6.85. The minimum absolute atomic E-state index is 1.23. The molecular formula is C7H15N2+. The smallest absolute Gasteiger partial charge is 0.246 e. The van der Waals surface area contributed by atoms with E-state index in [1.807, 2.05) is 0 Å². The predicted molar refractivity (Wildman–Crippen MR) is 39.0 cm³/mol. The quantitative estimate of drug-likeness (QED) is 0.426. The molecule has 52 valence electrons. The number of rotatable bonds is 0. The van der Waals surface area contributed by atoms with Crippen LogP contribution in [-0.2, 0) is 0 Å². The molecule has 0 spiro atoms. The van der Waals surface area contributed by atoms with Gasteiger partial charge in [0.05, 0.1) is 34.1 Å². The van der Waals surface area contributed by atoms with Crippen molar-refractivity contribution in [3.8, 4) is 0 Å². The molecule has 2 heteroatoms. The van der Waals surface area contributed by atoms with Crippen molar-refractivity contribution >= 4 is 5.84 Å². The van der Waals surface area contributed by atoms with Gasteiger partial charge in [-0.1, -0.05) is 0 Å². The highest BCUT2D eigenvalue weighted by Crippen LogP contribution is 2.06. The Hall–Kier alpha value is -0.530. The Morgan fingerprint density at radius 3 is 2.33 bits per heavy atom. The second kappa shape index (κ2) is 2.38. The van der Waals surface area contributed by atoms with Gasteiger partial charge < -0.3 is 0 Å². The summed E-state index contributed by atoms with van der Waals surface area (Å²) in [5.74, 6) is 1.47. The average Bonchev–Trinajstić information content (AvgIpc) is 2.13. The van der Waals surface area contributed by atoms with E-state index in [2.05, 4.69) is 30.6 Å². The van der Waals surface area contributed by atoms with Crippen LogP contribution in [0.5, 0.6) is 0 Å². The highest BCUT2D eigenvalue weighted by atomic mass is 15.2. The molecule has 0 atom stereocenters. The number of hydrogen-bond donors (Lipinski definition) is 0. The maximum atomic E-state index is 2.32. The van der Waals surface area contributed by atoms with Crippen LogP contribution >= 0.6 is 0 Å². The molecule has 1 aliphatic rings. The predicted octanol–water partition coefficient (Wildman–Crippen LogP) is 0.383. The monoisotopic (exact) mass is 127 g/mol. The molecule has 0 amide bonds. The van der Waals surface area contributed by atoms with E-state index in [1.54, 1.807) is 0 Å². The molecule has 0 N–H and O–H groups in total. The SMILES string of the molecule is CN1CCCC1=[N+](C)C. The van der Waals surface area contributed by atoms with Crippen LogP contribution in [0.3, 0.4) is 0 Å². The molecule has 9 heavy (non-hydrogen) atoms. The van der Waals surface area contributed by atoms with Crippen LogP contribution in [0.25, 0.3) is 0 Å². The van der Waals surface area contributed by atoms with Crippen LogP contribution in [0.1, 0.15) is 12.8 Å². The molecule has 0 radical (unpaired) electrons. The molecule has 2 nitrogen and oxygen atoms in total. The number of nitrogens with zero attached hydrogens (tertiary/aromatic N) is 2. The van der Waals surface area contributed by atoms with E-state index in [4.69, 9.17) is 0 Å². The Bertz CT molecular complexity index is 134. The molecule has 0 aromatic carbocycles. The lowest BCUT2D eigenvalue weighted by Crippen LogP contribution is -2.26. The standard InChI is InChI=1S/C7H15N2/c1-8(2)7-5-4-6-9(7)3/h4-6H2,1-3H3/q+1. The molecule has 0 bridgehead atoms. The normalized spacial score (nSPS) is 19.0. The minimum Gasteiger partial charge on any atom is -0.271 e. The molecule has 1 fully saturated rings. The van der Waals surface area contributed by atoms with E-state index in [0.29, 0.717) is 0 Å². The van der Waals surface area contributed by atoms with E-state index in [0.717, 1.165) is 0 Å². The van der Waals surface area contributed by atoms with Gasteiger partial charge in [-0.25, -0.2) is 0 Å². The van der Waals surface area contributed by atoms with Crippen molar-refractivity contribution in [2.75, 3.05) is 27.7 Å². The first-order valence-corrected chi connectivity index (χ1v) is 3.46. The zero-order valence-corrected chi connectivity index (χ0v) is 6.52. The fraction of sp³-hybridized carbons (Fsp3) is 0.857. The second-order valence-corrected chi connectivity index (χ2v) is 2.84. The van der Waals surface area contributed by atoms with Crippen LogP contribution in [0.2, 0.25) is 0 Å².